The third kappa shape index (κ3) is 4.43. The maximum absolute atomic E-state index is 13.9. The van der Waals surface area contributed by atoms with Gasteiger partial charge in [0.05, 0.1) is 11.6 Å². The quantitative estimate of drug-likeness (QED) is 0.296. The zero-order valence-electron chi connectivity index (χ0n) is 12.7. The van der Waals surface area contributed by atoms with E-state index in [1.165, 1.54) is 30.3 Å². The Morgan fingerprint density at radius 3 is 1.93 bits per heavy atom. The summed E-state index contributed by atoms with van der Waals surface area (Å²) in [7, 11) is 0. The van der Waals surface area contributed by atoms with Crippen molar-refractivity contribution in [3.05, 3.63) is 50.9 Å². The van der Waals surface area contributed by atoms with Gasteiger partial charge in [-0.15, -0.1) is 0 Å². The third-order valence-electron chi connectivity index (χ3n) is 3.28. The Kier molecular flexibility index (Phi) is 6.24. The molecule has 11 heteroatoms. The molecule has 0 radical (unpaired) electrons. The molecular weight excluding hydrogens is 531 g/mol. The second-order valence-corrected chi connectivity index (χ2v) is 8.07. The fourth-order valence-electron chi connectivity index (χ4n) is 1.99. The van der Waals surface area contributed by atoms with Gasteiger partial charge in [-0.25, -0.2) is 0 Å². The van der Waals surface area contributed by atoms with Crippen molar-refractivity contribution in [2.75, 3.05) is 0 Å². The molecule has 0 heterocycles. The van der Waals surface area contributed by atoms with E-state index < -0.39 is 34.0 Å². The summed E-state index contributed by atoms with van der Waals surface area (Å²) in [5, 5.41) is 3.35. The van der Waals surface area contributed by atoms with Gasteiger partial charge in [-0.3, -0.25) is 0 Å². The first-order valence-electron chi connectivity index (χ1n) is 6.81. The minimum Gasteiger partial charge on any atom is -0.192 e. The Bertz CT molecular complexity index is 889. The molecule has 144 valence electrons. The first-order chi connectivity index (χ1) is 12.3. The van der Waals surface area contributed by atoms with Crippen LogP contribution in [0.3, 0.4) is 0 Å². The van der Waals surface area contributed by atoms with Crippen LogP contribution in [0.25, 0.3) is 11.1 Å². The molecule has 27 heavy (non-hydrogen) atoms. The molecule has 0 N–H and O–H groups in total. The average Bonchev–Trinajstić information content (AvgIpc) is 2.53. The summed E-state index contributed by atoms with van der Waals surface area (Å²) in [6.45, 7) is 0. The summed E-state index contributed by atoms with van der Waals surface area (Å²) >= 11 is 5.21. The fraction of sp³-hybridized carbons (Fsp3) is 0.188. The number of halogens is 9. The molecule has 0 aliphatic carbocycles. The molecule has 0 saturated carbocycles. The second-order valence-electron chi connectivity index (χ2n) is 5.14. The number of nitriles is 1. The summed E-state index contributed by atoms with van der Waals surface area (Å²) < 4.78 is 91.9. The van der Waals surface area contributed by atoms with Crippen molar-refractivity contribution in [1.29, 1.82) is 5.26 Å². The van der Waals surface area contributed by atoms with Crippen molar-refractivity contribution in [2.24, 2.45) is 0 Å². The zero-order chi connectivity index (χ0) is 20.6. The SMILES string of the molecule is N#Cc1ccc(-c2c(Br)cc(Br)cc2SC(F)(F)C(F)(F)C(F)(F)F)cc1. The van der Waals surface area contributed by atoms with Crippen LogP contribution in [0.1, 0.15) is 5.56 Å². The lowest BCUT2D eigenvalue weighted by Gasteiger charge is -2.28. The zero-order valence-corrected chi connectivity index (χ0v) is 16.7. The number of rotatable bonds is 4. The van der Waals surface area contributed by atoms with E-state index in [0.717, 1.165) is 6.07 Å². The molecule has 0 bridgehead atoms. The number of thioether (sulfide) groups is 1. The van der Waals surface area contributed by atoms with Gasteiger partial charge < -0.3 is 0 Å². The minimum atomic E-state index is -6.42. The molecule has 2 rings (SSSR count). The maximum Gasteiger partial charge on any atom is 0.460 e. The van der Waals surface area contributed by atoms with Crippen LogP contribution in [0.5, 0.6) is 0 Å². The van der Waals surface area contributed by atoms with Crippen LogP contribution in [-0.4, -0.2) is 17.4 Å². The number of alkyl halides is 7. The summed E-state index contributed by atoms with van der Waals surface area (Å²) in [5.74, 6) is -6.23. The van der Waals surface area contributed by atoms with Crippen molar-refractivity contribution < 1.29 is 30.7 Å². The lowest BCUT2D eigenvalue weighted by Crippen LogP contribution is -2.49. The van der Waals surface area contributed by atoms with Crippen LogP contribution in [-0.2, 0) is 0 Å². The van der Waals surface area contributed by atoms with E-state index in [4.69, 9.17) is 5.26 Å². The molecule has 0 fully saturated rings. The number of nitrogens with zero attached hydrogens (tertiary/aromatic N) is 1. The molecule has 0 saturated heterocycles. The van der Waals surface area contributed by atoms with E-state index in [-0.39, 0.29) is 25.6 Å². The van der Waals surface area contributed by atoms with Crippen molar-refractivity contribution in [3.63, 3.8) is 0 Å². The van der Waals surface area contributed by atoms with Gasteiger partial charge in [0.25, 0.3) is 0 Å². The molecule has 0 aliphatic heterocycles. The number of benzene rings is 2. The highest BCUT2D eigenvalue weighted by atomic mass is 79.9. The molecule has 0 aromatic heterocycles. The summed E-state index contributed by atoms with van der Waals surface area (Å²) in [6, 6.07) is 9.76. The maximum atomic E-state index is 13.9. The highest BCUT2D eigenvalue weighted by Gasteiger charge is 2.73. The lowest BCUT2D eigenvalue weighted by molar-refractivity contribution is -0.330. The first kappa shape index (κ1) is 22.0. The van der Waals surface area contributed by atoms with Gasteiger partial charge in [0.1, 0.15) is 0 Å². The largest absolute Gasteiger partial charge is 0.460 e. The molecule has 0 atom stereocenters. The highest BCUT2D eigenvalue weighted by molar-refractivity contribution is 9.11. The molecule has 0 spiro atoms. The van der Waals surface area contributed by atoms with Crippen LogP contribution in [0.15, 0.2) is 50.2 Å². The molecular formula is C16H6Br2F7NS. The molecule has 0 aliphatic rings. The Labute approximate surface area is 169 Å². The van der Waals surface area contributed by atoms with Crippen molar-refractivity contribution in [3.8, 4) is 17.2 Å². The van der Waals surface area contributed by atoms with E-state index in [2.05, 4.69) is 31.9 Å². The Morgan fingerprint density at radius 1 is 0.889 bits per heavy atom. The lowest BCUT2D eigenvalue weighted by atomic mass is 10.0. The highest BCUT2D eigenvalue weighted by Crippen LogP contribution is 2.56. The van der Waals surface area contributed by atoms with Crippen molar-refractivity contribution in [2.45, 2.75) is 22.2 Å². The molecule has 1 nitrogen and oxygen atoms in total. The predicted molar refractivity (Wildman–Crippen MR) is 93.8 cm³/mol. The first-order valence-corrected chi connectivity index (χ1v) is 9.21. The van der Waals surface area contributed by atoms with E-state index in [1.54, 1.807) is 0 Å². The monoisotopic (exact) mass is 535 g/mol. The van der Waals surface area contributed by atoms with Gasteiger partial charge in [0.15, 0.2) is 0 Å². The van der Waals surface area contributed by atoms with Crippen LogP contribution in [0, 0.1) is 11.3 Å². The third-order valence-corrected chi connectivity index (χ3v) is 5.42. The Morgan fingerprint density at radius 2 is 1.44 bits per heavy atom. The molecule has 0 amide bonds. The van der Waals surface area contributed by atoms with E-state index in [1.807, 2.05) is 6.07 Å². The number of hydrogen-bond acceptors (Lipinski definition) is 2. The van der Waals surface area contributed by atoms with E-state index >= 15 is 0 Å². The van der Waals surface area contributed by atoms with E-state index in [9.17, 15) is 30.7 Å². The van der Waals surface area contributed by atoms with Crippen LogP contribution >= 0.6 is 43.6 Å². The topological polar surface area (TPSA) is 23.8 Å². The summed E-state index contributed by atoms with van der Waals surface area (Å²) in [5.41, 5.74) is 0.502. The van der Waals surface area contributed by atoms with Crippen LogP contribution in [0.2, 0.25) is 0 Å². The van der Waals surface area contributed by atoms with Gasteiger partial charge in [0.2, 0.25) is 0 Å². The van der Waals surface area contributed by atoms with Gasteiger partial charge in [-0.2, -0.15) is 36.0 Å². The van der Waals surface area contributed by atoms with Gasteiger partial charge in [-0.05, 0) is 41.6 Å². The Balaban J connectivity index is 2.58. The summed E-state index contributed by atoms with van der Waals surface area (Å²) in [6.07, 6.45) is -6.42. The van der Waals surface area contributed by atoms with Gasteiger partial charge in [0, 0.05) is 19.4 Å². The van der Waals surface area contributed by atoms with Crippen molar-refractivity contribution >= 4 is 43.6 Å². The predicted octanol–water partition coefficient (Wildman–Crippen LogP) is 7.63. The number of hydrogen-bond donors (Lipinski definition) is 0. The van der Waals surface area contributed by atoms with Crippen molar-refractivity contribution in [1.82, 2.24) is 0 Å². The standard InChI is InChI=1S/C16H6Br2F7NS/c17-10-5-11(18)13(9-3-1-8(7-26)2-4-9)12(6-10)27-16(24,25)14(19,20)15(21,22)23/h1-6H. The van der Waals surface area contributed by atoms with Gasteiger partial charge in [-0.1, -0.05) is 44.0 Å². The van der Waals surface area contributed by atoms with E-state index in [0.29, 0.717) is 0 Å². The molecule has 2 aromatic rings. The summed E-state index contributed by atoms with van der Waals surface area (Å²) in [4.78, 5) is -0.505. The minimum absolute atomic E-state index is 0.00895. The fourth-order valence-corrected chi connectivity index (χ4v) is 4.76. The normalized spacial score (nSPS) is 12.7. The van der Waals surface area contributed by atoms with Gasteiger partial charge >= 0.3 is 17.4 Å². The molecule has 0 unspecified atom stereocenters. The second kappa shape index (κ2) is 7.64. The Hall–Kier alpha value is -1.25. The average molecular weight is 537 g/mol. The molecule has 2 aromatic carbocycles. The van der Waals surface area contributed by atoms with Crippen LogP contribution in [0.4, 0.5) is 30.7 Å². The smallest absolute Gasteiger partial charge is 0.192 e. The van der Waals surface area contributed by atoms with Crippen LogP contribution < -0.4 is 0 Å².